The molecule has 2 aromatic carbocycles. The molecule has 0 fully saturated rings. The van der Waals surface area contributed by atoms with Crippen molar-refractivity contribution in [2.75, 3.05) is 16.8 Å². The van der Waals surface area contributed by atoms with Gasteiger partial charge in [0.05, 0.1) is 0 Å². The summed E-state index contributed by atoms with van der Waals surface area (Å²) in [7, 11) is 0. The van der Waals surface area contributed by atoms with E-state index in [0.717, 1.165) is 35.2 Å². The number of carbonyl (C=O) groups is 3. The third-order valence-electron chi connectivity index (χ3n) is 4.62. The number of hydrogen-bond acceptors (Lipinski definition) is 3. The molecule has 2 aromatic rings. The van der Waals surface area contributed by atoms with E-state index in [9.17, 15) is 14.4 Å². The molecule has 27 heavy (non-hydrogen) atoms. The molecule has 0 aromatic heterocycles. The maximum Gasteiger partial charge on any atom is 0.313 e. The van der Waals surface area contributed by atoms with Crippen molar-refractivity contribution in [3.8, 4) is 0 Å². The SMILES string of the molecule is CC(=O)N1CCCc2cc(NC(=O)C(=O)NCc3ccc(C)cc3)ccc21. The highest BCUT2D eigenvalue weighted by Crippen LogP contribution is 2.29. The first kappa shape index (κ1) is 18.6. The lowest BCUT2D eigenvalue weighted by Gasteiger charge is -2.28. The zero-order valence-electron chi connectivity index (χ0n) is 15.5. The summed E-state index contributed by atoms with van der Waals surface area (Å²) in [6, 6.07) is 13.1. The van der Waals surface area contributed by atoms with Gasteiger partial charge in [0.15, 0.2) is 0 Å². The van der Waals surface area contributed by atoms with Crippen LogP contribution in [0.15, 0.2) is 42.5 Å². The molecular weight excluding hydrogens is 342 g/mol. The van der Waals surface area contributed by atoms with Gasteiger partial charge in [-0.2, -0.15) is 0 Å². The summed E-state index contributed by atoms with van der Waals surface area (Å²) < 4.78 is 0. The van der Waals surface area contributed by atoms with Gasteiger partial charge in [0.1, 0.15) is 0 Å². The van der Waals surface area contributed by atoms with Gasteiger partial charge in [-0.3, -0.25) is 14.4 Å². The van der Waals surface area contributed by atoms with Crippen LogP contribution in [-0.2, 0) is 27.3 Å². The van der Waals surface area contributed by atoms with E-state index in [0.29, 0.717) is 18.8 Å². The molecule has 0 unspecified atom stereocenters. The van der Waals surface area contributed by atoms with Crippen molar-refractivity contribution in [3.63, 3.8) is 0 Å². The van der Waals surface area contributed by atoms with Gasteiger partial charge in [0.25, 0.3) is 0 Å². The third-order valence-corrected chi connectivity index (χ3v) is 4.62. The minimum absolute atomic E-state index is 0.00298. The number of amides is 3. The lowest BCUT2D eigenvalue weighted by molar-refractivity contribution is -0.136. The van der Waals surface area contributed by atoms with E-state index in [1.165, 1.54) is 0 Å². The number of carbonyl (C=O) groups excluding carboxylic acids is 3. The van der Waals surface area contributed by atoms with Crippen molar-refractivity contribution in [1.82, 2.24) is 5.32 Å². The van der Waals surface area contributed by atoms with E-state index < -0.39 is 11.8 Å². The fourth-order valence-electron chi connectivity index (χ4n) is 3.16. The number of aryl methyl sites for hydroxylation is 2. The zero-order chi connectivity index (χ0) is 19.4. The largest absolute Gasteiger partial charge is 0.344 e. The second-order valence-electron chi connectivity index (χ2n) is 6.74. The van der Waals surface area contributed by atoms with E-state index in [1.54, 1.807) is 17.9 Å². The minimum atomic E-state index is -0.707. The first-order valence-corrected chi connectivity index (χ1v) is 9.00. The van der Waals surface area contributed by atoms with Crippen LogP contribution in [0.4, 0.5) is 11.4 Å². The maximum absolute atomic E-state index is 12.1. The van der Waals surface area contributed by atoms with Crippen molar-refractivity contribution >= 4 is 29.1 Å². The van der Waals surface area contributed by atoms with E-state index in [4.69, 9.17) is 0 Å². The topological polar surface area (TPSA) is 78.5 Å². The predicted octanol–water partition coefficient (Wildman–Crippen LogP) is 2.55. The molecule has 0 radical (unpaired) electrons. The zero-order valence-corrected chi connectivity index (χ0v) is 15.5. The molecule has 0 atom stereocenters. The molecule has 0 aliphatic carbocycles. The third kappa shape index (κ3) is 4.53. The van der Waals surface area contributed by atoms with Crippen LogP contribution in [0, 0.1) is 6.92 Å². The molecule has 3 rings (SSSR count). The molecule has 3 amide bonds. The average molecular weight is 365 g/mol. The van der Waals surface area contributed by atoms with Gasteiger partial charge < -0.3 is 15.5 Å². The fourth-order valence-corrected chi connectivity index (χ4v) is 3.16. The van der Waals surface area contributed by atoms with Crippen LogP contribution in [0.25, 0.3) is 0 Å². The second kappa shape index (κ2) is 8.03. The summed E-state index contributed by atoms with van der Waals surface area (Å²) >= 11 is 0. The molecule has 140 valence electrons. The van der Waals surface area contributed by atoms with Crippen molar-refractivity contribution in [2.45, 2.75) is 33.2 Å². The summed E-state index contributed by atoms with van der Waals surface area (Å²) in [6.07, 6.45) is 1.71. The molecule has 2 N–H and O–H groups in total. The Labute approximate surface area is 158 Å². The molecule has 0 saturated carbocycles. The number of nitrogens with one attached hydrogen (secondary N) is 2. The van der Waals surface area contributed by atoms with Gasteiger partial charge in [0, 0.05) is 31.4 Å². The molecule has 1 heterocycles. The Morgan fingerprint density at radius 1 is 1.04 bits per heavy atom. The van der Waals surface area contributed by atoms with E-state index >= 15 is 0 Å². The van der Waals surface area contributed by atoms with Crippen LogP contribution in [0.3, 0.4) is 0 Å². The van der Waals surface area contributed by atoms with Crippen LogP contribution in [0.5, 0.6) is 0 Å². The van der Waals surface area contributed by atoms with Gasteiger partial charge >= 0.3 is 11.8 Å². The Bertz CT molecular complexity index is 875. The molecule has 1 aliphatic rings. The van der Waals surface area contributed by atoms with Crippen LogP contribution < -0.4 is 15.5 Å². The molecular formula is C21H23N3O3. The molecule has 1 aliphatic heterocycles. The number of rotatable bonds is 3. The van der Waals surface area contributed by atoms with E-state index in [1.807, 2.05) is 43.3 Å². The van der Waals surface area contributed by atoms with Crippen molar-refractivity contribution in [2.24, 2.45) is 0 Å². The first-order chi connectivity index (χ1) is 12.9. The number of nitrogens with zero attached hydrogens (tertiary/aromatic N) is 1. The normalized spacial score (nSPS) is 12.9. The summed E-state index contributed by atoms with van der Waals surface area (Å²) in [6.45, 7) is 4.53. The van der Waals surface area contributed by atoms with E-state index in [2.05, 4.69) is 10.6 Å². The van der Waals surface area contributed by atoms with Crippen LogP contribution in [0.2, 0.25) is 0 Å². The minimum Gasteiger partial charge on any atom is -0.344 e. The highest BCUT2D eigenvalue weighted by atomic mass is 16.2. The molecule has 6 heteroatoms. The number of benzene rings is 2. The van der Waals surface area contributed by atoms with Crippen molar-refractivity contribution in [3.05, 3.63) is 59.2 Å². The summed E-state index contributed by atoms with van der Waals surface area (Å²) in [5.74, 6) is -1.39. The van der Waals surface area contributed by atoms with Crippen LogP contribution in [-0.4, -0.2) is 24.3 Å². The van der Waals surface area contributed by atoms with Gasteiger partial charge in [0.2, 0.25) is 5.91 Å². The summed E-state index contributed by atoms with van der Waals surface area (Å²) in [5.41, 5.74) is 4.48. The molecule has 0 saturated heterocycles. The average Bonchev–Trinajstić information content (AvgIpc) is 2.66. The fraction of sp³-hybridized carbons (Fsp3) is 0.286. The van der Waals surface area contributed by atoms with Gasteiger partial charge in [-0.25, -0.2) is 0 Å². The Hall–Kier alpha value is -3.15. The standard InChI is InChI=1S/C21H23N3O3/c1-14-5-7-16(8-6-14)13-22-20(26)21(27)23-18-9-10-19-17(12-18)4-3-11-24(19)15(2)25/h5-10,12H,3-4,11,13H2,1-2H3,(H,22,26)(H,23,27). The monoisotopic (exact) mass is 365 g/mol. The smallest absolute Gasteiger partial charge is 0.313 e. The Morgan fingerprint density at radius 2 is 1.78 bits per heavy atom. The molecule has 0 bridgehead atoms. The molecule has 6 nitrogen and oxygen atoms in total. The summed E-state index contributed by atoms with van der Waals surface area (Å²) in [5, 5.41) is 5.25. The van der Waals surface area contributed by atoms with Crippen molar-refractivity contribution < 1.29 is 14.4 Å². The van der Waals surface area contributed by atoms with Gasteiger partial charge in [-0.05, 0) is 49.1 Å². The lowest BCUT2D eigenvalue weighted by Crippen LogP contribution is -2.35. The first-order valence-electron chi connectivity index (χ1n) is 9.00. The predicted molar refractivity (Wildman–Crippen MR) is 104 cm³/mol. The number of anilines is 2. The number of fused-ring (bicyclic) bond motifs is 1. The van der Waals surface area contributed by atoms with Crippen LogP contribution in [0.1, 0.15) is 30.0 Å². The van der Waals surface area contributed by atoms with Gasteiger partial charge in [-0.1, -0.05) is 29.8 Å². The Morgan fingerprint density at radius 3 is 2.48 bits per heavy atom. The maximum atomic E-state index is 12.1. The highest BCUT2D eigenvalue weighted by molar-refractivity contribution is 6.39. The number of hydrogen-bond donors (Lipinski definition) is 2. The van der Waals surface area contributed by atoms with Gasteiger partial charge in [-0.15, -0.1) is 0 Å². The lowest BCUT2D eigenvalue weighted by atomic mass is 10.0. The quantitative estimate of drug-likeness (QED) is 0.821. The van der Waals surface area contributed by atoms with E-state index in [-0.39, 0.29) is 5.91 Å². The Kier molecular flexibility index (Phi) is 5.54. The van der Waals surface area contributed by atoms with Crippen molar-refractivity contribution in [1.29, 1.82) is 0 Å². The highest BCUT2D eigenvalue weighted by Gasteiger charge is 2.21. The van der Waals surface area contributed by atoms with Crippen LogP contribution >= 0.6 is 0 Å². The summed E-state index contributed by atoms with van der Waals surface area (Å²) in [4.78, 5) is 37.6. The second-order valence-corrected chi connectivity index (χ2v) is 6.74. The Balaban J connectivity index is 1.61. The molecule has 0 spiro atoms.